The lowest BCUT2D eigenvalue weighted by Crippen LogP contribution is -2.37. The number of nitrogens with two attached hydrogens (primary N) is 1. The van der Waals surface area contributed by atoms with Gasteiger partial charge in [0.1, 0.15) is 4.90 Å². The predicted octanol–water partition coefficient (Wildman–Crippen LogP) is 1.31. The summed E-state index contributed by atoms with van der Waals surface area (Å²) in [5, 5.41) is 0.225. The highest BCUT2D eigenvalue weighted by molar-refractivity contribution is 7.89. The Labute approximate surface area is 130 Å². The van der Waals surface area contributed by atoms with Crippen LogP contribution in [0, 0.1) is 0 Å². The molecule has 7 heteroatoms. The highest BCUT2D eigenvalue weighted by Gasteiger charge is 2.36. The van der Waals surface area contributed by atoms with Crippen molar-refractivity contribution in [3.05, 3.63) is 28.8 Å². The van der Waals surface area contributed by atoms with E-state index in [-0.39, 0.29) is 16.0 Å². The summed E-state index contributed by atoms with van der Waals surface area (Å²) in [5.41, 5.74) is 6.35. The maximum Gasteiger partial charge on any atom is 0.242 e. The lowest BCUT2D eigenvalue weighted by molar-refractivity contribution is 0.322. The molecule has 5 nitrogen and oxygen atoms in total. The van der Waals surface area contributed by atoms with E-state index in [1.807, 2.05) is 0 Å². The Morgan fingerprint density at radius 1 is 1.33 bits per heavy atom. The van der Waals surface area contributed by atoms with Crippen molar-refractivity contribution in [1.29, 1.82) is 0 Å². The van der Waals surface area contributed by atoms with Crippen LogP contribution in [0.1, 0.15) is 24.8 Å². The topological polar surface area (TPSA) is 75.4 Å². The third-order valence-corrected chi connectivity index (χ3v) is 6.13. The molecule has 0 radical (unpaired) electrons. The van der Waals surface area contributed by atoms with E-state index in [1.54, 1.807) is 12.1 Å². The minimum absolute atomic E-state index is 0.0270. The standard InChI is InChI=1S/C14H20ClN3O2S/c15-13-7-10(8-16)1-4-14(13)21(19,20)17-11-5-6-18(9-11)12-2-3-12/h1,4,7,11-12,17H,2-3,5-6,8-9,16H2. The molecule has 21 heavy (non-hydrogen) atoms. The first kappa shape index (κ1) is 15.2. The number of likely N-dealkylation sites (tertiary alicyclic amines) is 1. The van der Waals surface area contributed by atoms with Gasteiger partial charge in [-0.2, -0.15) is 0 Å². The quantitative estimate of drug-likeness (QED) is 0.854. The minimum atomic E-state index is -3.58. The molecule has 0 spiro atoms. The van der Waals surface area contributed by atoms with Gasteiger partial charge in [0.2, 0.25) is 10.0 Å². The molecule has 1 atom stereocenters. The summed E-state index contributed by atoms with van der Waals surface area (Å²) in [5.74, 6) is 0. The van der Waals surface area contributed by atoms with Crippen molar-refractivity contribution < 1.29 is 8.42 Å². The van der Waals surface area contributed by atoms with Gasteiger partial charge in [0.25, 0.3) is 0 Å². The number of sulfonamides is 1. The molecule has 116 valence electrons. The minimum Gasteiger partial charge on any atom is -0.326 e. The number of nitrogens with zero attached hydrogens (tertiary/aromatic N) is 1. The molecule has 1 aromatic rings. The molecule has 1 heterocycles. The van der Waals surface area contributed by atoms with Gasteiger partial charge < -0.3 is 5.73 Å². The normalized spacial score (nSPS) is 23.6. The lowest BCUT2D eigenvalue weighted by atomic mass is 10.2. The maximum atomic E-state index is 12.5. The third-order valence-electron chi connectivity index (χ3n) is 4.13. The Balaban J connectivity index is 1.71. The molecule has 1 saturated heterocycles. The van der Waals surface area contributed by atoms with Gasteiger partial charge in [0, 0.05) is 31.7 Å². The molecule has 3 rings (SSSR count). The number of hydrogen-bond acceptors (Lipinski definition) is 4. The zero-order valence-electron chi connectivity index (χ0n) is 11.8. The van der Waals surface area contributed by atoms with Crippen molar-refractivity contribution in [3.63, 3.8) is 0 Å². The highest BCUT2D eigenvalue weighted by atomic mass is 35.5. The zero-order chi connectivity index (χ0) is 15.0. The molecule has 1 unspecified atom stereocenters. The molecular formula is C14H20ClN3O2S. The van der Waals surface area contributed by atoms with Crippen LogP contribution in [-0.2, 0) is 16.6 Å². The average Bonchev–Trinajstić information content (AvgIpc) is 3.19. The second-order valence-electron chi connectivity index (χ2n) is 5.80. The average molecular weight is 330 g/mol. The molecule has 2 aliphatic rings. The van der Waals surface area contributed by atoms with Gasteiger partial charge in [-0.1, -0.05) is 17.7 Å². The molecule has 1 aliphatic carbocycles. The summed E-state index contributed by atoms with van der Waals surface area (Å²) in [7, 11) is -3.58. The van der Waals surface area contributed by atoms with Crippen LogP contribution in [-0.4, -0.2) is 38.5 Å². The smallest absolute Gasteiger partial charge is 0.242 e. The van der Waals surface area contributed by atoms with Crippen LogP contribution in [0.4, 0.5) is 0 Å². The first-order valence-corrected chi connectivity index (χ1v) is 9.10. The van der Waals surface area contributed by atoms with Gasteiger partial charge in [0.05, 0.1) is 5.02 Å². The fraction of sp³-hybridized carbons (Fsp3) is 0.571. The van der Waals surface area contributed by atoms with Gasteiger partial charge >= 0.3 is 0 Å². The van der Waals surface area contributed by atoms with E-state index in [2.05, 4.69) is 9.62 Å². The fourth-order valence-corrected chi connectivity index (χ4v) is 4.66. The Kier molecular flexibility index (Phi) is 4.25. The summed E-state index contributed by atoms with van der Waals surface area (Å²) in [6, 6.07) is 5.49. The summed E-state index contributed by atoms with van der Waals surface area (Å²) in [4.78, 5) is 2.50. The van der Waals surface area contributed by atoms with Crippen LogP contribution < -0.4 is 10.5 Å². The van der Waals surface area contributed by atoms with Gasteiger partial charge in [-0.05, 0) is 37.0 Å². The maximum absolute atomic E-state index is 12.5. The van der Waals surface area contributed by atoms with E-state index in [0.717, 1.165) is 25.1 Å². The van der Waals surface area contributed by atoms with Crippen molar-refractivity contribution in [2.75, 3.05) is 13.1 Å². The van der Waals surface area contributed by atoms with Crippen LogP contribution in [0.5, 0.6) is 0 Å². The third kappa shape index (κ3) is 3.40. The largest absolute Gasteiger partial charge is 0.326 e. The van der Waals surface area contributed by atoms with E-state index < -0.39 is 10.0 Å². The Morgan fingerprint density at radius 3 is 2.71 bits per heavy atom. The van der Waals surface area contributed by atoms with Crippen LogP contribution in [0.2, 0.25) is 5.02 Å². The summed E-state index contributed by atoms with van der Waals surface area (Å²) < 4.78 is 27.7. The molecule has 0 aromatic heterocycles. The Morgan fingerprint density at radius 2 is 2.10 bits per heavy atom. The van der Waals surface area contributed by atoms with Crippen LogP contribution >= 0.6 is 11.6 Å². The van der Waals surface area contributed by atoms with Crippen molar-refractivity contribution in [3.8, 4) is 0 Å². The molecule has 1 aromatic carbocycles. The first-order chi connectivity index (χ1) is 9.99. The zero-order valence-corrected chi connectivity index (χ0v) is 13.3. The molecule has 0 bridgehead atoms. The van der Waals surface area contributed by atoms with Crippen molar-refractivity contribution in [2.24, 2.45) is 5.73 Å². The Hall–Kier alpha value is -0.660. The fourth-order valence-electron chi connectivity index (χ4n) is 2.83. The second-order valence-corrected chi connectivity index (χ2v) is 7.89. The lowest BCUT2D eigenvalue weighted by Gasteiger charge is -2.16. The molecule has 0 amide bonds. The molecule has 3 N–H and O–H groups in total. The van der Waals surface area contributed by atoms with Crippen molar-refractivity contribution in [2.45, 2.75) is 42.8 Å². The number of rotatable bonds is 5. The van der Waals surface area contributed by atoms with Gasteiger partial charge in [0.15, 0.2) is 0 Å². The number of hydrogen-bond donors (Lipinski definition) is 2. The molecule has 1 aliphatic heterocycles. The summed E-state index contributed by atoms with van der Waals surface area (Å²) >= 11 is 6.08. The highest BCUT2D eigenvalue weighted by Crippen LogP contribution is 2.30. The van der Waals surface area contributed by atoms with Crippen LogP contribution in [0.25, 0.3) is 0 Å². The van der Waals surface area contributed by atoms with Gasteiger partial charge in [-0.3, -0.25) is 4.90 Å². The summed E-state index contributed by atoms with van der Waals surface area (Å²) in [6.07, 6.45) is 3.34. The predicted molar refractivity (Wildman–Crippen MR) is 82.7 cm³/mol. The van der Waals surface area contributed by atoms with E-state index in [1.165, 1.54) is 18.9 Å². The molecular weight excluding hydrogens is 310 g/mol. The van der Waals surface area contributed by atoms with Gasteiger partial charge in [-0.15, -0.1) is 0 Å². The number of nitrogens with one attached hydrogen (secondary N) is 1. The number of halogens is 1. The monoisotopic (exact) mass is 329 g/mol. The van der Waals surface area contributed by atoms with E-state index in [0.29, 0.717) is 12.6 Å². The van der Waals surface area contributed by atoms with E-state index >= 15 is 0 Å². The van der Waals surface area contributed by atoms with Crippen molar-refractivity contribution in [1.82, 2.24) is 9.62 Å². The van der Waals surface area contributed by atoms with Crippen LogP contribution in [0.15, 0.2) is 23.1 Å². The van der Waals surface area contributed by atoms with E-state index in [4.69, 9.17) is 17.3 Å². The number of benzene rings is 1. The van der Waals surface area contributed by atoms with E-state index in [9.17, 15) is 8.42 Å². The summed E-state index contributed by atoms with van der Waals surface area (Å²) in [6.45, 7) is 2.10. The first-order valence-electron chi connectivity index (χ1n) is 7.24. The molecule has 2 fully saturated rings. The Bertz CT molecular complexity index is 631. The second kappa shape index (κ2) is 5.85. The molecule has 1 saturated carbocycles. The van der Waals surface area contributed by atoms with Gasteiger partial charge in [-0.25, -0.2) is 13.1 Å². The van der Waals surface area contributed by atoms with Crippen molar-refractivity contribution >= 4 is 21.6 Å². The van der Waals surface area contributed by atoms with Crippen LogP contribution in [0.3, 0.4) is 0 Å². The SMILES string of the molecule is NCc1ccc(S(=O)(=O)NC2CCN(C3CC3)C2)c(Cl)c1.